The highest BCUT2D eigenvalue weighted by Gasteiger charge is 2.50. The van der Waals surface area contributed by atoms with E-state index in [1.54, 1.807) is 23.9 Å². The first-order valence-electron chi connectivity index (χ1n) is 9.27. The predicted molar refractivity (Wildman–Crippen MR) is 106 cm³/mol. The topological polar surface area (TPSA) is 66.7 Å². The van der Waals surface area contributed by atoms with E-state index in [1.807, 2.05) is 30.3 Å². The van der Waals surface area contributed by atoms with Crippen LogP contribution in [0.1, 0.15) is 18.4 Å². The lowest BCUT2D eigenvalue weighted by molar-refractivity contribution is -0.384. The molecular formula is C21H24FN3O3. The SMILES string of the molecule is CN(CCN(C)c1ccc(F)cc1[N+](=O)[O-])C(=O)C1(Cc2ccccc2)CC1. The van der Waals surface area contributed by atoms with Crippen molar-refractivity contribution in [2.24, 2.45) is 5.41 Å². The van der Waals surface area contributed by atoms with Crippen LogP contribution in [0.3, 0.4) is 0 Å². The largest absolute Gasteiger partial charge is 0.367 e. The fourth-order valence-corrected chi connectivity index (χ4v) is 3.50. The normalized spacial score (nSPS) is 14.4. The number of likely N-dealkylation sites (N-methyl/N-ethyl adjacent to an activating group) is 2. The van der Waals surface area contributed by atoms with Crippen molar-refractivity contribution in [3.63, 3.8) is 0 Å². The minimum atomic E-state index is -0.646. The summed E-state index contributed by atoms with van der Waals surface area (Å²) in [6.07, 6.45) is 2.49. The number of halogens is 1. The van der Waals surface area contributed by atoms with Gasteiger partial charge in [-0.25, -0.2) is 4.39 Å². The first-order chi connectivity index (χ1) is 13.3. The zero-order chi connectivity index (χ0) is 20.3. The van der Waals surface area contributed by atoms with Crippen molar-refractivity contribution < 1.29 is 14.1 Å². The molecule has 3 rings (SSSR count). The first kappa shape index (κ1) is 19.8. The molecule has 1 aliphatic rings. The standard InChI is InChI=1S/C21H24FN3O3/c1-23(18-9-8-17(22)14-19(18)25(27)28)12-13-24(2)20(26)21(10-11-21)15-16-6-4-3-5-7-16/h3-9,14H,10-13,15H2,1-2H3. The van der Waals surface area contributed by atoms with Crippen LogP contribution in [0.25, 0.3) is 0 Å². The summed E-state index contributed by atoms with van der Waals surface area (Å²) in [5, 5.41) is 11.2. The number of hydrogen-bond donors (Lipinski definition) is 0. The predicted octanol–water partition coefficient (Wildman–Crippen LogP) is 3.65. The second-order valence-electron chi connectivity index (χ2n) is 7.48. The molecule has 0 atom stereocenters. The maximum absolute atomic E-state index is 13.3. The summed E-state index contributed by atoms with van der Waals surface area (Å²) in [4.78, 5) is 26.9. The van der Waals surface area contributed by atoms with Gasteiger partial charge < -0.3 is 9.80 Å². The number of amides is 1. The van der Waals surface area contributed by atoms with E-state index in [9.17, 15) is 19.3 Å². The molecule has 1 fully saturated rings. The van der Waals surface area contributed by atoms with E-state index in [1.165, 1.54) is 12.1 Å². The third-order valence-corrected chi connectivity index (χ3v) is 5.36. The van der Waals surface area contributed by atoms with Crippen molar-refractivity contribution >= 4 is 17.3 Å². The van der Waals surface area contributed by atoms with Crippen LogP contribution in [0, 0.1) is 21.3 Å². The van der Waals surface area contributed by atoms with E-state index in [0.717, 1.165) is 30.9 Å². The molecule has 0 spiro atoms. The Morgan fingerprint density at radius 2 is 1.82 bits per heavy atom. The maximum Gasteiger partial charge on any atom is 0.295 e. The molecule has 148 valence electrons. The Bertz CT molecular complexity index is 868. The number of carbonyl (C=O) groups is 1. The van der Waals surface area contributed by atoms with E-state index in [2.05, 4.69) is 0 Å². The van der Waals surface area contributed by atoms with Gasteiger partial charge in [-0.05, 0) is 37.0 Å². The highest BCUT2D eigenvalue weighted by atomic mass is 19.1. The van der Waals surface area contributed by atoms with E-state index < -0.39 is 10.7 Å². The average Bonchev–Trinajstić information content (AvgIpc) is 3.46. The van der Waals surface area contributed by atoms with Crippen molar-refractivity contribution in [2.75, 3.05) is 32.1 Å². The Kier molecular flexibility index (Phi) is 5.63. The summed E-state index contributed by atoms with van der Waals surface area (Å²) >= 11 is 0. The van der Waals surface area contributed by atoms with Crippen LogP contribution in [0.15, 0.2) is 48.5 Å². The van der Waals surface area contributed by atoms with Crippen molar-refractivity contribution in [3.8, 4) is 0 Å². The van der Waals surface area contributed by atoms with Gasteiger partial charge in [0.2, 0.25) is 5.91 Å². The Balaban J connectivity index is 1.62. The van der Waals surface area contributed by atoms with Crippen LogP contribution in [-0.4, -0.2) is 42.9 Å². The molecule has 0 bridgehead atoms. The van der Waals surface area contributed by atoms with E-state index in [4.69, 9.17) is 0 Å². The van der Waals surface area contributed by atoms with Crippen molar-refractivity contribution in [2.45, 2.75) is 19.3 Å². The number of rotatable bonds is 8. The number of hydrogen-bond acceptors (Lipinski definition) is 4. The molecule has 0 aromatic heterocycles. The van der Waals surface area contributed by atoms with Crippen molar-refractivity contribution in [1.82, 2.24) is 4.90 Å². The minimum Gasteiger partial charge on any atom is -0.367 e. The highest BCUT2D eigenvalue weighted by molar-refractivity contribution is 5.85. The molecule has 0 N–H and O–H groups in total. The summed E-state index contributed by atoms with van der Waals surface area (Å²) in [6.45, 7) is 0.844. The molecule has 0 radical (unpaired) electrons. The summed E-state index contributed by atoms with van der Waals surface area (Å²) in [6, 6.07) is 13.5. The molecular weight excluding hydrogens is 361 g/mol. The molecule has 7 heteroatoms. The number of nitrogens with zero attached hydrogens (tertiary/aromatic N) is 3. The molecule has 28 heavy (non-hydrogen) atoms. The summed E-state index contributed by atoms with van der Waals surface area (Å²) in [5.41, 5.74) is 0.883. The van der Waals surface area contributed by atoms with E-state index in [-0.39, 0.29) is 17.0 Å². The molecule has 1 aliphatic carbocycles. The van der Waals surface area contributed by atoms with Crippen LogP contribution in [0.5, 0.6) is 0 Å². The maximum atomic E-state index is 13.3. The van der Waals surface area contributed by atoms with Gasteiger partial charge in [0.15, 0.2) is 0 Å². The van der Waals surface area contributed by atoms with Gasteiger partial charge in [0, 0.05) is 27.2 Å². The van der Waals surface area contributed by atoms with Crippen LogP contribution in [-0.2, 0) is 11.2 Å². The third-order valence-electron chi connectivity index (χ3n) is 5.36. The third kappa shape index (κ3) is 4.30. The summed E-state index contributed by atoms with van der Waals surface area (Å²) < 4.78 is 13.3. The number of anilines is 1. The van der Waals surface area contributed by atoms with Crippen LogP contribution in [0.2, 0.25) is 0 Å². The van der Waals surface area contributed by atoms with Gasteiger partial charge in [-0.2, -0.15) is 0 Å². The van der Waals surface area contributed by atoms with Crippen LogP contribution < -0.4 is 4.90 Å². The van der Waals surface area contributed by atoms with E-state index >= 15 is 0 Å². The zero-order valence-electron chi connectivity index (χ0n) is 16.1. The van der Waals surface area contributed by atoms with Crippen molar-refractivity contribution in [1.29, 1.82) is 0 Å². The first-order valence-corrected chi connectivity index (χ1v) is 9.27. The quantitative estimate of drug-likeness (QED) is 0.514. The van der Waals surface area contributed by atoms with Gasteiger partial charge in [0.05, 0.1) is 16.4 Å². The van der Waals surface area contributed by atoms with Gasteiger partial charge in [-0.1, -0.05) is 30.3 Å². The highest BCUT2D eigenvalue weighted by Crippen LogP contribution is 2.49. The fraction of sp³-hybridized carbons (Fsp3) is 0.381. The fourth-order valence-electron chi connectivity index (χ4n) is 3.50. The Morgan fingerprint density at radius 3 is 2.43 bits per heavy atom. The average molecular weight is 385 g/mol. The Labute approximate surface area is 163 Å². The number of benzene rings is 2. The monoisotopic (exact) mass is 385 g/mol. The van der Waals surface area contributed by atoms with Gasteiger partial charge in [0.25, 0.3) is 5.69 Å². The molecule has 0 unspecified atom stereocenters. The Hall–Kier alpha value is -2.96. The minimum absolute atomic E-state index is 0.110. The summed E-state index contributed by atoms with van der Waals surface area (Å²) in [5.74, 6) is -0.536. The Morgan fingerprint density at radius 1 is 1.14 bits per heavy atom. The lowest BCUT2D eigenvalue weighted by Crippen LogP contribution is -2.39. The van der Waals surface area contributed by atoms with Crippen molar-refractivity contribution in [3.05, 3.63) is 70.0 Å². The molecule has 6 nitrogen and oxygen atoms in total. The molecule has 0 heterocycles. The molecule has 1 amide bonds. The number of nitro groups is 1. The molecule has 2 aromatic carbocycles. The summed E-state index contributed by atoms with van der Waals surface area (Å²) in [7, 11) is 3.47. The zero-order valence-corrected chi connectivity index (χ0v) is 16.1. The second-order valence-corrected chi connectivity index (χ2v) is 7.48. The second kappa shape index (κ2) is 7.96. The van der Waals surface area contributed by atoms with Gasteiger partial charge in [-0.3, -0.25) is 14.9 Å². The van der Waals surface area contributed by atoms with E-state index in [0.29, 0.717) is 18.8 Å². The van der Waals surface area contributed by atoms with Gasteiger partial charge >= 0.3 is 0 Å². The number of nitro benzene ring substituents is 1. The lowest BCUT2D eigenvalue weighted by atomic mass is 9.95. The van der Waals surface area contributed by atoms with Gasteiger partial charge in [-0.15, -0.1) is 0 Å². The lowest BCUT2D eigenvalue weighted by Gasteiger charge is -2.27. The number of carbonyl (C=O) groups excluding carboxylic acids is 1. The molecule has 0 aliphatic heterocycles. The smallest absolute Gasteiger partial charge is 0.295 e. The molecule has 1 saturated carbocycles. The molecule has 2 aromatic rings. The molecule has 0 saturated heterocycles. The van der Waals surface area contributed by atoms with Crippen LogP contribution in [0.4, 0.5) is 15.8 Å². The van der Waals surface area contributed by atoms with Gasteiger partial charge in [0.1, 0.15) is 11.5 Å². The van der Waals surface area contributed by atoms with Crippen LogP contribution >= 0.6 is 0 Å².